The highest BCUT2D eigenvalue weighted by Gasteiger charge is 2.50. The first-order valence-corrected chi connectivity index (χ1v) is 12.8. The fourth-order valence-corrected chi connectivity index (χ4v) is 5.64. The van der Waals surface area contributed by atoms with Gasteiger partial charge in [-0.05, 0) is 12.1 Å². The van der Waals surface area contributed by atoms with Crippen LogP contribution in [0.3, 0.4) is 0 Å². The van der Waals surface area contributed by atoms with Crippen molar-refractivity contribution in [2.75, 3.05) is 25.2 Å². The van der Waals surface area contributed by atoms with Crippen molar-refractivity contribution >= 4 is 63.5 Å². The van der Waals surface area contributed by atoms with Gasteiger partial charge in [-0.3, -0.25) is 9.59 Å². The number of benzene rings is 1. The van der Waals surface area contributed by atoms with Crippen LogP contribution < -0.4 is 11.1 Å². The largest absolute Gasteiger partial charge is 0.458 e. The van der Waals surface area contributed by atoms with Gasteiger partial charge in [0.25, 0.3) is 11.8 Å². The second-order valence-electron chi connectivity index (χ2n) is 7.85. The number of β-lactam (4-membered cyclic amide) rings is 1. The van der Waals surface area contributed by atoms with E-state index >= 15 is 0 Å². The molecule has 0 aliphatic carbocycles. The number of hydrogen-bond acceptors (Lipinski definition) is 12. The molecule has 37 heavy (non-hydrogen) atoms. The van der Waals surface area contributed by atoms with Gasteiger partial charge in [0.15, 0.2) is 10.8 Å². The van der Waals surface area contributed by atoms with Crippen LogP contribution in [-0.4, -0.2) is 70.2 Å². The van der Waals surface area contributed by atoms with Crippen molar-refractivity contribution in [1.82, 2.24) is 15.2 Å². The van der Waals surface area contributed by atoms with Crippen LogP contribution in [0.25, 0.3) is 5.76 Å². The first kappa shape index (κ1) is 24.5. The number of hydrogen-bond donors (Lipinski definition) is 2. The second-order valence-corrected chi connectivity index (χ2v) is 9.84. The number of nitrogens with two attached hydrogens (primary N) is 1. The third kappa shape index (κ3) is 4.68. The zero-order chi connectivity index (χ0) is 26.1. The van der Waals surface area contributed by atoms with Crippen molar-refractivity contribution in [2.24, 2.45) is 5.16 Å². The van der Waals surface area contributed by atoms with E-state index in [0.29, 0.717) is 22.5 Å². The molecule has 0 saturated carbocycles. The Kier molecular flexibility index (Phi) is 6.67. The van der Waals surface area contributed by atoms with Gasteiger partial charge in [0, 0.05) is 22.9 Å². The minimum Gasteiger partial charge on any atom is -0.458 e. The Morgan fingerprint density at radius 3 is 2.84 bits per heavy atom. The fraction of sp³-hybridized carbons (Fsp3) is 0.217. The number of fused-ring (bicyclic) bond motifs is 2. The van der Waals surface area contributed by atoms with Gasteiger partial charge in [0.05, 0.1) is 11.1 Å². The summed E-state index contributed by atoms with van der Waals surface area (Å²) in [6.45, 7) is -0.114. The Labute approximate surface area is 218 Å². The summed E-state index contributed by atoms with van der Waals surface area (Å²) in [4.78, 5) is 60.0. The van der Waals surface area contributed by atoms with E-state index in [1.54, 1.807) is 29.6 Å². The standard InChI is InChI=1S/C23H19N5O7S2/c1-33-27-16(14-10-37-23(24)25-14)18(29)26-17-19(30)28-8-11(9-36-20(17)28)21(31)34-7-6-15-12-4-2-3-5-13(12)22(32)35-15/h2-6,8,10,17,20H,7,9H2,1H3,(H2,24,25)(H,26,29)/t17?,20-/m1/s1. The average molecular weight is 542 g/mol. The monoisotopic (exact) mass is 541 g/mol. The van der Waals surface area contributed by atoms with Crippen molar-refractivity contribution in [3.8, 4) is 0 Å². The number of ether oxygens (including phenoxy) is 2. The number of rotatable bonds is 7. The second kappa shape index (κ2) is 10.1. The zero-order valence-corrected chi connectivity index (χ0v) is 20.8. The van der Waals surface area contributed by atoms with Crippen molar-refractivity contribution in [2.45, 2.75) is 11.4 Å². The van der Waals surface area contributed by atoms with E-state index in [2.05, 4.69) is 15.5 Å². The molecule has 1 aromatic heterocycles. The molecule has 1 unspecified atom stereocenters. The van der Waals surface area contributed by atoms with Crippen LogP contribution >= 0.6 is 23.1 Å². The number of carbonyl (C=O) groups excluding carboxylic acids is 4. The average Bonchev–Trinajstić information content (AvgIpc) is 3.47. The maximum atomic E-state index is 12.8. The van der Waals surface area contributed by atoms with Crippen LogP contribution in [0, 0.1) is 0 Å². The third-order valence-corrected chi connectivity index (χ3v) is 7.59. The Bertz CT molecular complexity index is 1400. The third-order valence-electron chi connectivity index (χ3n) is 5.59. The van der Waals surface area contributed by atoms with Crippen molar-refractivity contribution in [1.29, 1.82) is 0 Å². The summed E-state index contributed by atoms with van der Waals surface area (Å²) in [5, 5.41) is 7.78. The first-order valence-electron chi connectivity index (χ1n) is 10.8. The van der Waals surface area contributed by atoms with Crippen LogP contribution in [-0.2, 0) is 28.7 Å². The van der Waals surface area contributed by atoms with Crippen LogP contribution in [0.5, 0.6) is 0 Å². The van der Waals surface area contributed by atoms with Gasteiger partial charge in [-0.2, -0.15) is 0 Å². The fourth-order valence-electron chi connectivity index (χ4n) is 3.85. The van der Waals surface area contributed by atoms with E-state index in [1.807, 2.05) is 0 Å². The van der Waals surface area contributed by atoms with Gasteiger partial charge in [0.2, 0.25) is 0 Å². The molecule has 3 aliphatic heterocycles. The van der Waals surface area contributed by atoms with Gasteiger partial charge in [-0.25, -0.2) is 14.6 Å². The Balaban J connectivity index is 1.18. The number of nitrogens with one attached hydrogen (secondary N) is 1. The zero-order valence-electron chi connectivity index (χ0n) is 19.2. The van der Waals surface area contributed by atoms with E-state index in [-0.39, 0.29) is 34.8 Å². The van der Waals surface area contributed by atoms with E-state index < -0.39 is 29.3 Å². The molecule has 1 aromatic carbocycles. The molecule has 1 fully saturated rings. The molecule has 3 N–H and O–H groups in total. The minimum atomic E-state index is -0.814. The number of oxime groups is 1. The summed E-state index contributed by atoms with van der Waals surface area (Å²) in [6.07, 6.45) is 2.94. The molecule has 12 nitrogen and oxygen atoms in total. The molecule has 4 heterocycles. The highest BCUT2D eigenvalue weighted by Crippen LogP contribution is 2.36. The van der Waals surface area contributed by atoms with E-state index in [9.17, 15) is 19.2 Å². The van der Waals surface area contributed by atoms with E-state index in [1.165, 1.54) is 36.0 Å². The highest BCUT2D eigenvalue weighted by atomic mass is 32.2. The van der Waals surface area contributed by atoms with E-state index in [4.69, 9.17) is 20.0 Å². The minimum absolute atomic E-state index is 0.105. The molecular formula is C23H19N5O7S2. The molecule has 3 aliphatic rings. The maximum absolute atomic E-state index is 12.8. The SMILES string of the molecule is CON=C(C(=O)NC1C(=O)N2C=C(C(=O)OCC=C3OC(=O)c4ccccc43)CS[C@H]12)c1csc(N)n1. The first-order chi connectivity index (χ1) is 17.9. The van der Waals surface area contributed by atoms with E-state index in [0.717, 1.165) is 11.3 Å². The highest BCUT2D eigenvalue weighted by molar-refractivity contribution is 8.00. The Morgan fingerprint density at radius 1 is 1.32 bits per heavy atom. The van der Waals surface area contributed by atoms with Gasteiger partial charge >= 0.3 is 11.9 Å². The number of thioether (sulfide) groups is 1. The van der Waals surface area contributed by atoms with Crippen molar-refractivity contribution in [3.63, 3.8) is 0 Å². The molecule has 190 valence electrons. The van der Waals surface area contributed by atoms with Gasteiger partial charge in [0.1, 0.15) is 36.6 Å². The molecule has 2 aromatic rings. The molecule has 2 amide bonds. The number of cyclic esters (lactones) is 1. The van der Waals surface area contributed by atoms with Crippen LogP contribution in [0.15, 0.2) is 52.7 Å². The number of thiazole rings is 1. The molecule has 0 radical (unpaired) electrons. The molecule has 5 rings (SSSR count). The summed E-state index contributed by atoms with van der Waals surface area (Å²) in [6, 6.07) is 6.10. The summed E-state index contributed by atoms with van der Waals surface area (Å²) >= 11 is 2.45. The number of anilines is 1. The number of nitrogen functional groups attached to an aromatic ring is 1. The topological polar surface area (TPSA) is 163 Å². The maximum Gasteiger partial charge on any atom is 0.344 e. The van der Waals surface area contributed by atoms with Crippen LogP contribution in [0.1, 0.15) is 21.6 Å². The Morgan fingerprint density at radius 2 is 2.11 bits per heavy atom. The molecule has 0 spiro atoms. The molecule has 1 saturated heterocycles. The molecular weight excluding hydrogens is 522 g/mol. The van der Waals surface area contributed by atoms with Crippen molar-refractivity contribution in [3.05, 3.63) is 64.3 Å². The molecule has 14 heteroatoms. The predicted octanol–water partition coefficient (Wildman–Crippen LogP) is 1.11. The smallest absolute Gasteiger partial charge is 0.344 e. The lowest BCUT2D eigenvalue weighted by atomic mass is 10.1. The van der Waals surface area contributed by atoms with Gasteiger partial charge in [-0.1, -0.05) is 23.4 Å². The van der Waals surface area contributed by atoms with Crippen LogP contribution in [0.2, 0.25) is 0 Å². The van der Waals surface area contributed by atoms with Gasteiger partial charge in [-0.15, -0.1) is 23.1 Å². The molecule has 2 atom stereocenters. The quantitative estimate of drug-likeness (QED) is 0.225. The lowest BCUT2D eigenvalue weighted by Crippen LogP contribution is -2.69. The summed E-state index contributed by atoms with van der Waals surface area (Å²) in [7, 11) is 1.29. The normalized spacial score (nSPS) is 21.4. The Hall–Kier alpha value is -4.17. The lowest BCUT2D eigenvalue weighted by Gasteiger charge is -2.47. The lowest BCUT2D eigenvalue weighted by molar-refractivity contribution is -0.144. The van der Waals surface area contributed by atoms with Gasteiger partial charge < -0.3 is 30.3 Å². The van der Waals surface area contributed by atoms with Crippen molar-refractivity contribution < 1.29 is 33.5 Å². The predicted molar refractivity (Wildman–Crippen MR) is 134 cm³/mol. The molecule has 0 bridgehead atoms. The summed E-state index contributed by atoms with van der Waals surface area (Å²) in [5.41, 5.74) is 7.14. The number of esters is 2. The number of carbonyl (C=O) groups is 4. The summed E-state index contributed by atoms with van der Waals surface area (Å²) in [5.74, 6) is -1.48. The summed E-state index contributed by atoms with van der Waals surface area (Å²) < 4.78 is 10.5. The number of nitrogens with zero attached hydrogens (tertiary/aromatic N) is 3. The number of aromatic nitrogens is 1. The number of amides is 2. The van der Waals surface area contributed by atoms with Crippen LogP contribution in [0.4, 0.5) is 5.13 Å².